The summed E-state index contributed by atoms with van der Waals surface area (Å²) in [5.41, 5.74) is 1.04. The Hall–Kier alpha value is -2.00. The number of carbonyl (C=O) groups is 1. The van der Waals surface area contributed by atoms with Crippen LogP contribution in [0.25, 0.3) is 0 Å². The minimum atomic E-state index is -3.64. The molecular weight excluding hydrogens is 485 g/mol. The van der Waals surface area contributed by atoms with E-state index in [4.69, 9.17) is 27.9 Å². The summed E-state index contributed by atoms with van der Waals surface area (Å²) in [6, 6.07) is 11.9. The third-order valence-electron chi connectivity index (χ3n) is 6.05. The average Bonchev–Trinajstić information content (AvgIpc) is 3.30. The van der Waals surface area contributed by atoms with Crippen LogP contribution in [0.2, 0.25) is 10.0 Å². The molecule has 1 heterocycles. The topological polar surface area (TPSA) is 78.9 Å². The lowest BCUT2D eigenvalue weighted by Crippen LogP contribution is -2.50. The molecule has 0 radical (unpaired) electrons. The van der Waals surface area contributed by atoms with E-state index >= 15 is 0 Å². The van der Waals surface area contributed by atoms with Gasteiger partial charge in [0.1, 0.15) is 5.75 Å². The van der Waals surface area contributed by atoms with Crippen LogP contribution in [-0.2, 0) is 14.8 Å². The van der Waals surface area contributed by atoms with Gasteiger partial charge in [-0.15, -0.1) is 0 Å². The SMILES string of the molecule is O=C(COc1ccc(S(=O)(=O)NC2CCCC2)cc1Cl)N1CCN(c2cccc(Cl)c2)CC1. The molecular formula is C23H27Cl2N3O4S. The van der Waals surface area contributed by atoms with Crippen molar-refractivity contribution in [2.75, 3.05) is 37.7 Å². The maximum Gasteiger partial charge on any atom is 0.260 e. The molecule has 10 heteroatoms. The van der Waals surface area contributed by atoms with Crippen LogP contribution in [0.15, 0.2) is 47.4 Å². The number of piperazine rings is 1. The van der Waals surface area contributed by atoms with Crippen LogP contribution in [0.3, 0.4) is 0 Å². The highest BCUT2D eigenvalue weighted by Gasteiger charge is 2.25. The third-order valence-corrected chi connectivity index (χ3v) is 8.10. The number of nitrogens with one attached hydrogen (secondary N) is 1. The highest BCUT2D eigenvalue weighted by Crippen LogP contribution is 2.28. The van der Waals surface area contributed by atoms with Crippen LogP contribution in [0, 0.1) is 0 Å². The van der Waals surface area contributed by atoms with Crippen molar-refractivity contribution in [3.05, 3.63) is 52.5 Å². The summed E-state index contributed by atoms with van der Waals surface area (Å²) in [5.74, 6) is 0.138. The number of benzene rings is 2. The van der Waals surface area contributed by atoms with E-state index < -0.39 is 10.0 Å². The van der Waals surface area contributed by atoms with Crippen molar-refractivity contribution in [2.45, 2.75) is 36.6 Å². The Kier molecular flexibility index (Phi) is 7.69. The summed E-state index contributed by atoms with van der Waals surface area (Å²) in [6.45, 7) is 2.39. The molecule has 2 aromatic carbocycles. The van der Waals surface area contributed by atoms with E-state index in [0.29, 0.717) is 31.2 Å². The number of hydrogen-bond donors (Lipinski definition) is 1. The van der Waals surface area contributed by atoms with Gasteiger partial charge in [0, 0.05) is 42.9 Å². The Morgan fingerprint density at radius 2 is 1.76 bits per heavy atom. The Bertz CT molecular complexity index is 1100. The fourth-order valence-electron chi connectivity index (χ4n) is 4.21. The molecule has 2 aromatic rings. The molecule has 0 aromatic heterocycles. The van der Waals surface area contributed by atoms with Gasteiger partial charge in [0.15, 0.2) is 6.61 Å². The van der Waals surface area contributed by atoms with Crippen LogP contribution >= 0.6 is 23.2 Å². The molecule has 0 unspecified atom stereocenters. The van der Waals surface area contributed by atoms with Gasteiger partial charge in [0.25, 0.3) is 5.91 Å². The fraction of sp³-hybridized carbons (Fsp3) is 0.435. The Morgan fingerprint density at radius 1 is 1.03 bits per heavy atom. The largest absolute Gasteiger partial charge is 0.482 e. The van der Waals surface area contributed by atoms with Crippen molar-refractivity contribution in [3.63, 3.8) is 0 Å². The second-order valence-corrected chi connectivity index (χ2v) is 10.9. The minimum absolute atomic E-state index is 0.0262. The number of halogens is 2. The van der Waals surface area contributed by atoms with Crippen LogP contribution in [0.1, 0.15) is 25.7 Å². The van der Waals surface area contributed by atoms with Gasteiger partial charge in [-0.25, -0.2) is 13.1 Å². The number of rotatable bonds is 7. The molecule has 4 rings (SSSR count). The van der Waals surface area contributed by atoms with Gasteiger partial charge in [0.05, 0.1) is 9.92 Å². The third kappa shape index (κ3) is 6.12. The zero-order valence-corrected chi connectivity index (χ0v) is 20.5. The van der Waals surface area contributed by atoms with Crippen molar-refractivity contribution in [2.24, 2.45) is 0 Å². The molecule has 1 saturated carbocycles. The second-order valence-electron chi connectivity index (χ2n) is 8.33. The summed E-state index contributed by atoms with van der Waals surface area (Å²) in [7, 11) is -3.64. The monoisotopic (exact) mass is 511 g/mol. The lowest BCUT2D eigenvalue weighted by molar-refractivity contribution is -0.133. The molecule has 1 amide bonds. The van der Waals surface area contributed by atoms with Gasteiger partial charge in [-0.3, -0.25) is 4.79 Å². The van der Waals surface area contributed by atoms with Crippen molar-refractivity contribution in [3.8, 4) is 5.75 Å². The van der Waals surface area contributed by atoms with Crippen LogP contribution < -0.4 is 14.4 Å². The van der Waals surface area contributed by atoms with Gasteiger partial charge in [-0.2, -0.15) is 0 Å². The number of amides is 1. The van der Waals surface area contributed by atoms with E-state index in [1.54, 1.807) is 4.90 Å². The van der Waals surface area contributed by atoms with Crippen molar-refractivity contribution >= 4 is 44.8 Å². The smallest absolute Gasteiger partial charge is 0.260 e. The number of anilines is 1. The zero-order valence-electron chi connectivity index (χ0n) is 18.2. The van der Waals surface area contributed by atoms with Crippen molar-refractivity contribution < 1.29 is 17.9 Å². The molecule has 178 valence electrons. The Morgan fingerprint density at radius 3 is 2.42 bits per heavy atom. The van der Waals surface area contributed by atoms with E-state index in [9.17, 15) is 13.2 Å². The van der Waals surface area contributed by atoms with E-state index in [-0.39, 0.29) is 34.2 Å². The summed E-state index contributed by atoms with van der Waals surface area (Å²) in [6.07, 6.45) is 3.77. The molecule has 2 fully saturated rings. The van der Waals surface area contributed by atoms with E-state index in [0.717, 1.165) is 31.4 Å². The Balaban J connectivity index is 1.29. The van der Waals surface area contributed by atoms with Crippen LogP contribution in [-0.4, -0.2) is 58.1 Å². The van der Waals surface area contributed by atoms with Gasteiger partial charge in [0.2, 0.25) is 10.0 Å². The number of hydrogen-bond acceptors (Lipinski definition) is 5. The first kappa shape index (κ1) is 24.1. The maximum absolute atomic E-state index is 12.6. The normalized spacial score (nSPS) is 17.4. The predicted octanol–water partition coefficient (Wildman–Crippen LogP) is 3.94. The summed E-state index contributed by atoms with van der Waals surface area (Å²) < 4.78 is 33.5. The van der Waals surface area contributed by atoms with E-state index in [2.05, 4.69) is 9.62 Å². The average molecular weight is 512 g/mol. The first-order valence-electron chi connectivity index (χ1n) is 11.0. The van der Waals surface area contributed by atoms with Crippen molar-refractivity contribution in [1.29, 1.82) is 0 Å². The highest BCUT2D eigenvalue weighted by molar-refractivity contribution is 7.89. The standard InChI is InChI=1S/C23H27Cl2N3O4S/c24-17-4-3-7-19(14-17)27-10-12-28(13-11-27)23(29)16-32-22-9-8-20(15-21(22)25)33(30,31)26-18-5-1-2-6-18/h3-4,7-9,14-15,18,26H,1-2,5-6,10-13,16H2. The van der Waals surface area contributed by atoms with E-state index in [1.165, 1.54) is 18.2 Å². The molecule has 0 spiro atoms. The summed E-state index contributed by atoms with van der Waals surface area (Å²) >= 11 is 12.3. The first-order chi connectivity index (χ1) is 15.8. The van der Waals surface area contributed by atoms with Gasteiger partial charge in [-0.1, -0.05) is 42.1 Å². The van der Waals surface area contributed by atoms with Crippen LogP contribution in [0.5, 0.6) is 5.75 Å². The summed E-state index contributed by atoms with van der Waals surface area (Å²) in [5, 5.41) is 0.840. The van der Waals surface area contributed by atoms with Crippen molar-refractivity contribution in [1.82, 2.24) is 9.62 Å². The molecule has 1 aliphatic carbocycles. The first-order valence-corrected chi connectivity index (χ1v) is 13.3. The molecule has 1 saturated heterocycles. The molecule has 0 bridgehead atoms. The fourth-order valence-corrected chi connectivity index (χ4v) is 6.03. The molecule has 1 N–H and O–H groups in total. The number of carbonyl (C=O) groups excluding carboxylic acids is 1. The molecule has 7 nitrogen and oxygen atoms in total. The quantitative estimate of drug-likeness (QED) is 0.608. The van der Waals surface area contributed by atoms with Gasteiger partial charge in [-0.05, 0) is 49.2 Å². The number of sulfonamides is 1. The molecule has 2 aliphatic rings. The highest BCUT2D eigenvalue weighted by atomic mass is 35.5. The zero-order chi connectivity index (χ0) is 23.4. The van der Waals surface area contributed by atoms with Gasteiger partial charge >= 0.3 is 0 Å². The molecule has 1 aliphatic heterocycles. The maximum atomic E-state index is 12.6. The predicted molar refractivity (Wildman–Crippen MR) is 130 cm³/mol. The van der Waals surface area contributed by atoms with Gasteiger partial charge < -0.3 is 14.5 Å². The van der Waals surface area contributed by atoms with E-state index in [1.807, 2.05) is 24.3 Å². The minimum Gasteiger partial charge on any atom is -0.482 e. The summed E-state index contributed by atoms with van der Waals surface area (Å²) in [4.78, 5) is 16.6. The van der Waals surface area contributed by atoms with Crippen LogP contribution in [0.4, 0.5) is 5.69 Å². The second kappa shape index (κ2) is 10.5. The number of nitrogens with zero attached hydrogens (tertiary/aromatic N) is 2. The Labute approximate surface area is 204 Å². The lowest BCUT2D eigenvalue weighted by Gasteiger charge is -2.36. The lowest BCUT2D eigenvalue weighted by atomic mass is 10.2. The molecule has 0 atom stereocenters. The number of ether oxygens (including phenoxy) is 1. The molecule has 33 heavy (non-hydrogen) atoms.